The quantitative estimate of drug-likeness (QED) is 0.799. The summed E-state index contributed by atoms with van der Waals surface area (Å²) in [5.41, 5.74) is 2.03. The van der Waals surface area contributed by atoms with Crippen LogP contribution in [0.2, 0.25) is 0 Å². The lowest BCUT2D eigenvalue weighted by atomic mass is 10.3. The van der Waals surface area contributed by atoms with E-state index in [2.05, 4.69) is 28.2 Å². The normalized spacial score (nSPS) is 10.4. The Kier molecular flexibility index (Phi) is 2.93. The zero-order valence-corrected chi connectivity index (χ0v) is 9.11. The average molecular weight is 217 g/mol. The van der Waals surface area contributed by atoms with Gasteiger partial charge in [0.2, 0.25) is 0 Å². The maximum atomic E-state index is 8.72. The molecule has 0 aliphatic heterocycles. The van der Waals surface area contributed by atoms with Crippen molar-refractivity contribution in [2.45, 2.75) is 13.0 Å². The lowest BCUT2D eigenvalue weighted by Crippen LogP contribution is -2.04. The number of para-hydroxylation sites is 2. The van der Waals surface area contributed by atoms with Crippen molar-refractivity contribution in [2.24, 2.45) is 0 Å². The van der Waals surface area contributed by atoms with Gasteiger partial charge in [-0.05, 0) is 12.1 Å². The van der Waals surface area contributed by atoms with Crippen molar-refractivity contribution in [2.75, 3.05) is 5.75 Å². The Balaban J connectivity index is 2.59. The minimum Gasteiger partial charge on any atom is -0.326 e. The van der Waals surface area contributed by atoms with Gasteiger partial charge in [-0.1, -0.05) is 12.1 Å². The monoisotopic (exact) mass is 217 g/mol. The minimum atomic E-state index is 0.350. The first-order valence-electron chi connectivity index (χ1n) is 4.78. The van der Waals surface area contributed by atoms with Crippen LogP contribution in [0, 0.1) is 11.3 Å². The van der Waals surface area contributed by atoms with E-state index in [9.17, 15) is 0 Å². The highest BCUT2D eigenvalue weighted by molar-refractivity contribution is 7.80. The standard InChI is InChI=1S/C11H11N3S/c12-6-5-11-13-9-3-1-2-4-10(9)14(11)7-8-15/h1-4,15H,5,7-8H2. The van der Waals surface area contributed by atoms with Crippen LogP contribution in [0.15, 0.2) is 24.3 Å². The Morgan fingerprint density at radius 2 is 2.20 bits per heavy atom. The van der Waals surface area contributed by atoms with Crippen LogP contribution >= 0.6 is 12.6 Å². The molecule has 0 aliphatic carbocycles. The molecule has 0 atom stereocenters. The number of nitriles is 1. The van der Waals surface area contributed by atoms with Crippen molar-refractivity contribution in [3.05, 3.63) is 30.1 Å². The molecule has 4 heteroatoms. The molecule has 0 radical (unpaired) electrons. The fourth-order valence-electron chi connectivity index (χ4n) is 1.68. The molecule has 1 heterocycles. The molecular formula is C11H11N3S. The molecule has 0 saturated carbocycles. The molecule has 0 aliphatic rings. The highest BCUT2D eigenvalue weighted by Gasteiger charge is 2.08. The highest BCUT2D eigenvalue weighted by Crippen LogP contribution is 2.16. The van der Waals surface area contributed by atoms with E-state index in [0.717, 1.165) is 29.2 Å². The minimum absolute atomic E-state index is 0.350. The maximum Gasteiger partial charge on any atom is 0.124 e. The van der Waals surface area contributed by atoms with Crippen LogP contribution in [0.4, 0.5) is 0 Å². The molecule has 0 saturated heterocycles. The van der Waals surface area contributed by atoms with Crippen molar-refractivity contribution in [3.8, 4) is 6.07 Å². The van der Waals surface area contributed by atoms with Gasteiger partial charge < -0.3 is 4.57 Å². The molecule has 3 nitrogen and oxygen atoms in total. The smallest absolute Gasteiger partial charge is 0.124 e. The van der Waals surface area contributed by atoms with Gasteiger partial charge in [-0.25, -0.2) is 4.98 Å². The van der Waals surface area contributed by atoms with Crippen molar-refractivity contribution < 1.29 is 0 Å². The first-order valence-corrected chi connectivity index (χ1v) is 5.42. The summed E-state index contributed by atoms with van der Waals surface area (Å²) in [6, 6.07) is 10.1. The fraction of sp³-hybridized carbons (Fsp3) is 0.273. The predicted octanol–water partition coefficient (Wildman–Crippen LogP) is 2.03. The molecule has 0 unspecified atom stereocenters. The summed E-state index contributed by atoms with van der Waals surface area (Å²) in [4.78, 5) is 4.43. The molecule has 1 aromatic carbocycles. The van der Waals surface area contributed by atoms with E-state index in [1.807, 2.05) is 24.3 Å². The van der Waals surface area contributed by atoms with Gasteiger partial charge in [-0.2, -0.15) is 17.9 Å². The topological polar surface area (TPSA) is 41.6 Å². The first kappa shape index (κ1) is 10.1. The van der Waals surface area contributed by atoms with E-state index in [1.165, 1.54) is 0 Å². The summed E-state index contributed by atoms with van der Waals surface area (Å²) in [6.45, 7) is 0.792. The van der Waals surface area contributed by atoms with Crippen LogP contribution in [0.5, 0.6) is 0 Å². The van der Waals surface area contributed by atoms with Gasteiger partial charge in [0, 0.05) is 12.3 Å². The number of hydrogen-bond acceptors (Lipinski definition) is 3. The number of benzene rings is 1. The van der Waals surface area contributed by atoms with Crippen molar-refractivity contribution >= 4 is 23.7 Å². The van der Waals surface area contributed by atoms with Crippen molar-refractivity contribution in [1.29, 1.82) is 5.26 Å². The Bertz CT molecular complexity index is 510. The maximum absolute atomic E-state index is 8.72. The molecule has 0 amide bonds. The third-order valence-electron chi connectivity index (χ3n) is 2.29. The van der Waals surface area contributed by atoms with Crippen LogP contribution in [0.25, 0.3) is 11.0 Å². The van der Waals surface area contributed by atoms with Crippen LogP contribution in [0.3, 0.4) is 0 Å². The number of aryl methyl sites for hydroxylation is 1. The summed E-state index contributed by atoms with van der Waals surface area (Å²) < 4.78 is 2.06. The molecule has 15 heavy (non-hydrogen) atoms. The summed E-state index contributed by atoms with van der Waals surface area (Å²) in [5, 5.41) is 8.72. The zero-order valence-electron chi connectivity index (χ0n) is 8.22. The van der Waals surface area contributed by atoms with Gasteiger partial charge in [0.25, 0.3) is 0 Å². The first-order chi connectivity index (χ1) is 7.36. The van der Waals surface area contributed by atoms with E-state index in [-0.39, 0.29) is 0 Å². The lowest BCUT2D eigenvalue weighted by Gasteiger charge is -2.04. The van der Waals surface area contributed by atoms with Crippen LogP contribution < -0.4 is 0 Å². The number of hydrogen-bond donors (Lipinski definition) is 1. The third kappa shape index (κ3) is 1.83. The number of rotatable bonds is 3. The van der Waals surface area contributed by atoms with Crippen LogP contribution in [0.1, 0.15) is 5.82 Å². The predicted molar refractivity (Wildman–Crippen MR) is 62.9 cm³/mol. The Hall–Kier alpha value is -1.47. The summed E-state index contributed by atoms with van der Waals surface area (Å²) in [5.74, 6) is 1.58. The van der Waals surface area contributed by atoms with Gasteiger partial charge in [-0.15, -0.1) is 0 Å². The van der Waals surface area contributed by atoms with Gasteiger partial charge in [0.15, 0.2) is 0 Å². The van der Waals surface area contributed by atoms with E-state index >= 15 is 0 Å². The molecule has 2 aromatic rings. The lowest BCUT2D eigenvalue weighted by molar-refractivity contribution is 0.748. The van der Waals surface area contributed by atoms with Gasteiger partial charge >= 0.3 is 0 Å². The van der Waals surface area contributed by atoms with Gasteiger partial charge in [-0.3, -0.25) is 0 Å². The van der Waals surface area contributed by atoms with Gasteiger partial charge in [0.05, 0.1) is 23.5 Å². The van der Waals surface area contributed by atoms with Crippen LogP contribution in [-0.4, -0.2) is 15.3 Å². The SMILES string of the molecule is N#CCc1nc2ccccc2n1CCS. The average Bonchev–Trinajstić information content (AvgIpc) is 2.59. The Morgan fingerprint density at radius 1 is 1.40 bits per heavy atom. The molecule has 1 aromatic heterocycles. The molecule has 2 rings (SSSR count). The number of imidazole rings is 1. The summed E-state index contributed by atoms with van der Waals surface area (Å²) in [7, 11) is 0. The molecule has 0 bridgehead atoms. The molecule has 0 spiro atoms. The Labute approximate surface area is 93.8 Å². The van der Waals surface area contributed by atoms with E-state index in [0.29, 0.717) is 6.42 Å². The second-order valence-corrected chi connectivity index (χ2v) is 3.67. The third-order valence-corrected chi connectivity index (χ3v) is 2.49. The molecule has 76 valence electrons. The van der Waals surface area contributed by atoms with E-state index in [4.69, 9.17) is 5.26 Å². The van der Waals surface area contributed by atoms with Crippen molar-refractivity contribution in [3.63, 3.8) is 0 Å². The van der Waals surface area contributed by atoms with Crippen LogP contribution in [-0.2, 0) is 13.0 Å². The van der Waals surface area contributed by atoms with Crippen molar-refractivity contribution in [1.82, 2.24) is 9.55 Å². The van der Waals surface area contributed by atoms with Gasteiger partial charge in [0.1, 0.15) is 5.82 Å². The number of fused-ring (bicyclic) bond motifs is 1. The number of aromatic nitrogens is 2. The number of nitrogens with zero attached hydrogens (tertiary/aromatic N) is 3. The molecule has 0 fully saturated rings. The fourth-order valence-corrected chi connectivity index (χ4v) is 1.88. The van der Waals surface area contributed by atoms with E-state index < -0.39 is 0 Å². The molecule has 0 N–H and O–H groups in total. The summed E-state index contributed by atoms with van der Waals surface area (Å²) in [6.07, 6.45) is 0.350. The summed E-state index contributed by atoms with van der Waals surface area (Å²) >= 11 is 4.22. The molecular weight excluding hydrogens is 206 g/mol. The number of thiol groups is 1. The van der Waals surface area contributed by atoms with E-state index in [1.54, 1.807) is 0 Å². The Morgan fingerprint density at radius 3 is 2.93 bits per heavy atom. The second-order valence-electron chi connectivity index (χ2n) is 3.23. The zero-order chi connectivity index (χ0) is 10.7. The second kappa shape index (κ2) is 4.37. The largest absolute Gasteiger partial charge is 0.326 e. The highest BCUT2D eigenvalue weighted by atomic mass is 32.1.